The summed E-state index contributed by atoms with van der Waals surface area (Å²) in [4.78, 5) is 56.2. The molecule has 0 bridgehead atoms. The van der Waals surface area contributed by atoms with Crippen LogP contribution in [0.3, 0.4) is 0 Å². The quantitative estimate of drug-likeness (QED) is 0.569. The second kappa shape index (κ2) is 10.3. The van der Waals surface area contributed by atoms with E-state index in [0.717, 1.165) is 49.4 Å². The number of hydrogen-bond donors (Lipinski definition) is 3. The highest BCUT2D eigenvalue weighted by atomic mass is 16.5. The highest BCUT2D eigenvalue weighted by Gasteiger charge is 2.35. The van der Waals surface area contributed by atoms with Crippen LogP contribution in [-0.4, -0.2) is 73.4 Å². The van der Waals surface area contributed by atoms with E-state index in [1.54, 1.807) is 44.5 Å². The van der Waals surface area contributed by atoms with Gasteiger partial charge in [-0.3, -0.25) is 9.59 Å². The first-order valence-electron chi connectivity index (χ1n) is 11.9. The second-order valence-corrected chi connectivity index (χ2v) is 8.62. The number of nitrogens with one attached hydrogen (secondary N) is 3. The minimum atomic E-state index is -0.693. The lowest BCUT2D eigenvalue weighted by molar-refractivity contribution is -0.134. The van der Waals surface area contributed by atoms with Gasteiger partial charge in [-0.2, -0.15) is 0 Å². The number of H-pyrrole nitrogens is 2. The van der Waals surface area contributed by atoms with Gasteiger partial charge in [0.2, 0.25) is 11.8 Å². The Morgan fingerprint density at radius 1 is 1.09 bits per heavy atom. The number of likely N-dealkylation sites (tertiary alicyclic amines) is 2. The minimum absolute atomic E-state index is 0.0157. The molecule has 4 rings (SSSR count). The van der Waals surface area contributed by atoms with Crippen LogP contribution in [0.25, 0.3) is 11.4 Å². The van der Waals surface area contributed by atoms with Crippen LogP contribution >= 0.6 is 0 Å². The van der Waals surface area contributed by atoms with Crippen molar-refractivity contribution < 1.29 is 19.1 Å². The van der Waals surface area contributed by atoms with E-state index in [-0.39, 0.29) is 30.5 Å². The Morgan fingerprint density at radius 2 is 1.65 bits per heavy atom. The predicted molar refractivity (Wildman–Crippen MR) is 123 cm³/mol. The van der Waals surface area contributed by atoms with Gasteiger partial charge in [-0.05, 0) is 39.5 Å². The van der Waals surface area contributed by atoms with Crippen molar-refractivity contribution in [1.82, 2.24) is 35.1 Å². The van der Waals surface area contributed by atoms with Gasteiger partial charge in [-0.25, -0.2) is 14.8 Å². The third kappa shape index (κ3) is 4.78. The summed E-state index contributed by atoms with van der Waals surface area (Å²) in [6, 6.07) is -0.948. The zero-order valence-corrected chi connectivity index (χ0v) is 19.8. The van der Waals surface area contributed by atoms with Gasteiger partial charge < -0.3 is 29.8 Å². The summed E-state index contributed by atoms with van der Waals surface area (Å²) in [5.74, 6) is 1.30. The molecule has 2 aromatic rings. The molecule has 11 nitrogen and oxygen atoms in total. The average Bonchev–Trinajstić information content (AvgIpc) is 3.62. The van der Waals surface area contributed by atoms with Gasteiger partial charge >= 0.3 is 6.09 Å². The lowest BCUT2D eigenvalue weighted by Gasteiger charge is -2.26. The number of carbonyl (C=O) groups is 3. The Bertz CT molecular complexity index is 1030. The lowest BCUT2D eigenvalue weighted by atomic mass is 10.2. The van der Waals surface area contributed by atoms with Crippen LogP contribution in [0.15, 0.2) is 12.4 Å². The Balaban J connectivity index is 1.45. The Kier molecular flexibility index (Phi) is 7.18. The number of alkyl carbamates (subject to hydrolysis) is 1. The van der Waals surface area contributed by atoms with E-state index in [2.05, 4.69) is 25.3 Å². The molecule has 11 heteroatoms. The maximum absolute atomic E-state index is 13.0. The van der Waals surface area contributed by atoms with Crippen LogP contribution in [0.5, 0.6) is 0 Å². The maximum Gasteiger partial charge on any atom is 0.407 e. The smallest absolute Gasteiger partial charge is 0.407 e. The van der Waals surface area contributed by atoms with E-state index in [1.165, 1.54) is 0 Å². The number of rotatable bonds is 7. The van der Waals surface area contributed by atoms with Gasteiger partial charge in [-0.1, -0.05) is 6.92 Å². The molecule has 2 fully saturated rings. The predicted octanol–water partition coefficient (Wildman–Crippen LogP) is 2.49. The molecule has 0 unspecified atom stereocenters. The standard InChI is InChI=1S/C23H32N7O4/c1-4-19(31)29-10-6-8-17(29)20-24-12-15(27-20)16-13-25-21(28-16)18-9-7-11-30(18)22(32)14(3)26-23(33)34-5-2/h4,12-14,17-18H,5-11H2,1-3H3,(H,24,27)(H,25,28)(H,26,33)/t14-,17-,18-/m0/s1. The van der Waals surface area contributed by atoms with E-state index in [0.29, 0.717) is 12.4 Å². The van der Waals surface area contributed by atoms with Crippen LogP contribution in [0, 0.1) is 6.42 Å². The molecule has 183 valence electrons. The highest BCUT2D eigenvalue weighted by molar-refractivity contribution is 5.86. The summed E-state index contributed by atoms with van der Waals surface area (Å²) in [6.07, 6.45) is 7.91. The van der Waals surface area contributed by atoms with Crippen molar-refractivity contribution in [3.63, 3.8) is 0 Å². The maximum atomic E-state index is 13.0. The summed E-state index contributed by atoms with van der Waals surface area (Å²) in [7, 11) is 0. The van der Waals surface area contributed by atoms with Gasteiger partial charge in [0, 0.05) is 19.5 Å². The fourth-order valence-corrected chi connectivity index (χ4v) is 4.74. The average molecular weight is 471 g/mol. The fourth-order valence-electron chi connectivity index (χ4n) is 4.74. The molecule has 34 heavy (non-hydrogen) atoms. The summed E-state index contributed by atoms with van der Waals surface area (Å²) in [6.45, 7) is 6.70. The Morgan fingerprint density at radius 3 is 2.21 bits per heavy atom. The molecule has 0 aromatic carbocycles. The molecule has 1 radical (unpaired) electrons. The topological polar surface area (TPSA) is 136 Å². The van der Waals surface area contributed by atoms with Gasteiger partial charge in [0.25, 0.3) is 0 Å². The van der Waals surface area contributed by atoms with E-state index in [1.807, 2.05) is 4.90 Å². The number of aromatic amines is 2. The third-order valence-electron chi connectivity index (χ3n) is 6.41. The summed E-state index contributed by atoms with van der Waals surface area (Å²) < 4.78 is 4.88. The van der Waals surface area contributed by atoms with Gasteiger partial charge in [0.1, 0.15) is 17.7 Å². The normalized spacial score (nSPS) is 21.0. The molecular formula is C23H32N7O4. The first-order chi connectivity index (χ1) is 16.4. The number of hydrogen-bond acceptors (Lipinski definition) is 6. The number of aromatic nitrogens is 4. The molecule has 0 aliphatic carbocycles. The number of ether oxygens (including phenoxy) is 1. The molecule has 3 amide bonds. The fraction of sp³-hybridized carbons (Fsp3) is 0.565. The summed E-state index contributed by atoms with van der Waals surface area (Å²) in [5.41, 5.74) is 1.55. The van der Waals surface area contributed by atoms with Crippen LogP contribution < -0.4 is 5.32 Å². The van der Waals surface area contributed by atoms with Gasteiger partial charge in [-0.15, -0.1) is 0 Å². The van der Waals surface area contributed by atoms with Crippen molar-refractivity contribution in [1.29, 1.82) is 0 Å². The molecule has 2 aliphatic rings. The monoisotopic (exact) mass is 470 g/mol. The zero-order chi connectivity index (χ0) is 24.2. The van der Waals surface area contributed by atoms with E-state index in [9.17, 15) is 14.4 Å². The van der Waals surface area contributed by atoms with Crippen molar-refractivity contribution in [3.8, 4) is 11.4 Å². The Hall–Kier alpha value is -3.37. The molecular weight excluding hydrogens is 438 g/mol. The van der Waals surface area contributed by atoms with Crippen LogP contribution in [0.4, 0.5) is 4.79 Å². The Labute approximate surface area is 198 Å². The third-order valence-corrected chi connectivity index (χ3v) is 6.41. The van der Waals surface area contributed by atoms with E-state index < -0.39 is 12.1 Å². The molecule has 3 atom stereocenters. The molecule has 0 saturated carbocycles. The highest BCUT2D eigenvalue weighted by Crippen LogP contribution is 2.34. The van der Waals surface area contributed by atoms with E-state index in [4.69, 9.17) is 4.74 Å². The van der Waals surface area contributed by atoms with Crippen molar-refractivity contribution in [2.75, 3.05) is 19.7 Å². The first-order valence-corrected chi connectivity index (χ1v) is 11.9. The SMILES string of the molecule is C[CH]C(=O)N1CCC[C@H]1c1ncc(-c2cnc([C@@H]3CCCN3C(=O)[C@H](C)NC(=O)OCC)[nH]2)[nH]1. The summed E-state index contributed by atoms with van der Waals surface area (Å²) in [5, 5.41) is 2.58. The molecule has 3 N–H and O–H groups in total. The molecule has 0 spiro atoms. The van der Waals surface area contributed by atoms with Crippen molar-refractivity contribution in [3.05, 3.63) is 30.5 Å². The van der Waals surface area contributed by atoms with Crippen LogP contribution in [0.2, 0.25) is 0 Å². The molecule has 2 aliphatic heterocycles. The summed E-state index contributed by atoms with van der Waals surface area (Å²) >= 11 is 0. The minimum Gasteiger partial charge on any atom is -0.450 e. The molecule has 2 aromatic heterocycles. The first kappa shape index (κ1) is 23.8. The lowest BCUT2D eigenvalue weighted by Crippen LogP contribution is -2.46. The number of amides is 3. The molecule has 4 heterocycles. The van der Waals surface area contributed by atoms with Gasteiger partial charge in [0.15, 0.2) is 0 Å². The van der Waals surface area contributed by atoms with Crippen molar-refractivity contribution in [2.24, 2.45) is 0 Å². The number of imidazole rings is 2. The van der Waals surface area contributed by atoms with E-state index >= 15 is 0 Å². The van der Waals surface area contributed by atoms with Crippen LogP contribution in [0.1, 0.15) is 70.2 Å². The van der Waals surface area contributed by atoms with Crippen molar-refractivity contribution >= 4 is 17.9 Å². The second-order valence-electron chi connectivity index (χ2n) is 8.62. The van der Waals surface area contributed by atoms with Crippen molar-refractivity contribution in [2.45, 2.75) is 64.6 Å². The van der Waals surface area contributed by atoms with Crippen LogP contribution in [-0.2, 0) is 14.3 Å². The molecule has 2 saturated heterocycles. The van der Waals surface area contributed by atoms with Gasteiger partial charge in [0.05, 0.1) is 42.5 Å². The zero-order valence-electron chi connectivity index (χ0n) is 19.8. The number of carbonyl (C=O) groups excluding carboxylic acids is 3. The number of nitrogens with zero attached hydrogens (tertiary/aromatic N) is 4. The largest absolute Gasteiger partial charge is 0.450 e.